The quantitative estimate of drug-likeness (QED) is 0.859. The second-order valence-corrected chi connectivity index (χ2v) is 4.46. The zero-order chi connectivity index (χ0) is 13.8. The van der Waals surface area contributed by atoms with Gasteiger partial charge >= 0.3 is 5.97 Å². The van der Waals surface area contributed by atoms with E-state index in [4.69, 9.17) is 25.8 Å². The Morgan fingerprint density at radius 1 is 1.47 bits per heavy atom. The number of carbonyl (C=O) groups excluding carboxylic acids is 1. The molecule has 1 unspecified atom stereocenters. The van der Waals surface area contributed by atoms with Gasteiger partial charge < -0.3 is 19.3 Å². The Labute approximate surface area is 116 Å². The molecule has 104 valence electrons. The van der Waals surface area contributed by atoms with Gasteiger partial charge in [0.25, 0.3) is 0 Å². The molecule has 2 rings (SSSR count). The molecule has 0 amide bonds. The van der Waals surface area contributed by atoms with Crippen LogP contribution < -0.4 is 9.47 Å². The number of ether oxygens (including phenoxy) is 3. The smallest absolute Gasteiger partial charge is 0.308 e. The maximum Gasteiger partial charge on any atom is 0.308 e. The van der Waals surface area contributed by atoms with Gasteiger partial charge in [-0.25, -0.2) is 0 Å². The zero-order valence-electron chi connectivity index (χ0n) is 10.5. The minimum atomic E-state index is -0.979. The summed E-state index contributed by atoms with van der Waals surface area (Å²) in [6, 6.07) is 3.20. The average Bonchev–Trinajstić information content (AvgIpc) is 2.39. The first kappa shape index (κ1) is 14.0. The number of aliphatic hydroxyl groups excluding tert-OH is 1. The number of aliphatic hydroxyl groups is 1. The van der Waals surface area contributed by atoms with Gasteiger partial charge in [0.1, 0.15) is 13.2 Å². The van der Waals surface area contributed by atoms with Gasteiger partial charge in [0.15, 0.2) is 11.5 Å². The molecular formula is C13H15ClO5. The normalized spacial score (nSPS) is 14.9. The van der Waals surface area contributed by atoms with Crippen LogP contribution >= 0.6 is 11.6 Å². The van der Waals surface area contributed by atoms with E-state index in [-0.39, 0.29) is 13.0 Å². The van der Waals surface area contributed by atoms with Crippen LogP contribution in [-0.2, 0) is 9.53 Å². The van der Waals surface area contributed by atoms with Crippen LogP contribution in [0.2, 0.25) is 5.02 Å². The molecular weight excluding hydrogens is 272 g/mol. The molecule has 1 aromatic rings. The van der Waals surface area contributed by atoms with Crippen LogP contribution in [0.15, 0.2) is 12.1 Å². The van der Waals surface area contributed by atoms with Crippen molar-refractivity contribution in [3.05, 3.63) is 22.7 Å². The van der Waals surface area contributed by atoms with E-state index in [1.165, 1.54) is 0 Å². The van der Waals surface area contributed by atoms with Crippen LogP contribution in [0, 0.1) is 0 Å². The van der Waals surface area contributed by atoms with Crippen molar-refractivity contribution in [3.63, 3.8) is 0 Å². The first-order valence-electron chi connectivity index (χ1n) is 6.04. The number of hydrogen-bond donors (Lipinski definition) is 1. The molecule has 1 aliphatic heterocycles. The third kappa shape index (κ3) is 3.30. The van der Waals surface area contributed by atoms with E-state index in [0.717, 1.165) is 0 Å². The van der Waals surface area contributed by atoms with Gasteiger partial charge in [-0.3, -0.25) is 4.79 Å². The van der Waals surface area contributed by atoms with Crippen LogP contribution in [0.3, 0.4) is 0 Å². The fourth-order valence-corrected chi connectivity index (χ4v) is 2.09. The molecule has 0 bridgehead atoms. The lowest BCUT2D eigenvalue weighted by molar-refractivity contribution is -0.145. The van der Waals surface area contributed by atoms with Crippen LogP contribution in [0.5, 0.6) is 11.5 Å². The summed E-state index contributed by atoms with van der Waals surface area (Å²) in [5.41, 5.74) is 0.502. The fraction of sp³-hybridized carbons (Fsp3) is 0.462. The van der Waals surface area contributed by atoms with Gasteiger partial charge in [0.2, 0.25) is 0 Å². The average molecular weight is 287 g/mol. The highest BCUT2D eigenvalue weighted by Gasteiger charge is 2.21. The Balaban J connectivity index is 2.16. The largest absolute Gasteiger partial charge is 0.486 e. The summed E-state index contributed by atoms with van der Waals surface area (Å²) >= 11 is 6.06. The number of carbonyl (C=O) groups is 1. The van der Waals surface area contributed by atoms with Crippen LogP contribution in [-0.4, -0.2) is 30.9 Å². The third-order valence-electron chi connectivity index (χ3n) is 2.67. The van der Waals surface area contributed by atoms with Gasteiger partial charge in [0, 0.05) is 0 Å². The van der Waals surface area contributed by atoms with Crippen molar-refractivity contribution in [1.29, 1.82) is 0 Å². The SMILES string of the molecule is CCOC(=O)CC(O)c1cc(Cl)c2c(c1)OCCO2. The summed E-state index contributed by atoms with van der Waals surface area (Å²) in [6.45, 7) is 2.87. The maximum atomic E-state index is 11.3. The maximum absolute atomic E-state index is 11.3. The predicted octanol–water partition coefficient (Wildman–Crippen LogP) is 2.10. The fourth-order valence-electron chi connectivity index (χ4n) is 1.82. The van der Waals surface area contributed by atoms with E-state index in [2.05, 4.69) is 0 Å². The zero-order valence-corrected chi connectivity index (χ0v) is 11.3. The summed E-state index contributed by atoms with van der Waals surface area (Å²) in [7, 11) is 0. The number of esters is 1. The Bertz CT molecular complexity index is 474. The lowest BCUT2D eigenvalue weighted by Crippen LogP contribution is -2.16. The number of benzene rings is 1. The highest BCUT2D eigenvalue weighted by molar-refractivity contribution is 6.32. The van der Waals surface area contributed by atoms with Gasteiger partial charge in [0.05, 0.1) is 24.2 Å². The molecule has 0 fully saturated rings. The van der Waals surface area contributed by atoms with E-state index >= 15 is 0 Å². The van der Waals surface area contributed by atoms with E-state index in [1.54, 1.807) is 19.1 Å². The molecule has 1 atom stereocenters. The molecule has 0 radical (unpaired) electrons. The van der Waals surface area contributed by atoms with Crippen molar-refractivity contribution in [3.8, 4) is 11.5 Å². The topological polar surface area (TPSA) is 65.0 Å². The van der Waals surface area contributed by atoms with E-state index in [9.17, 15) is 9.90 Å². The molecule has 0 aromatic heterocycles. The van der Waals surface area contributed by atoms with Crippen molar-refractivity contribution in [2.75, 3.05) is 19.8 Å². The van der Waals surface area contributed by atoms with Crippen molar-refractivity contribution >= 4 is 17.6 Å². The summed E-state index contributed by atoms with van der Waals surface area (Å²) < 4.78 is 15.6. The number of hydrogen-bond acceptors (Lipinski definition) is 5. The number of halogens is 1. The minimum absolute atomic E-state index is 0.121. The lowest BCUT2D eigenvalue weighted by Gasteiger charge is -2.21. The molecule has 5 nitrogen and oxygen atoms in total. The molecule has 1 aromatic carbocycles. The van der Waals surface area contributed by atoms with E-state index < -0.39 is 12.1 Å². The molecule has 0 aliphatic carbocycles. The Kier molecular flexibility index (Phi) is 4.50. The number of rotatable bonds is 4. The molecule has 1 heterocycles. The van der Waals surface area contributed by atoms with Crippen LogP contribution in [0.25, 0.3) is 0 Å². The van der Waals surface area contributed by atoms with Gasteiger partial charge in [-0.1, -0.05) is 11.6 Å². The third-order valence-corrected chi connectivity index (χ3v) is 2.95. The Hall–Kier alpha value is -1.46. The van der Waals surface area contributed by atoms with Gasteiger partial charge in [-0.15, -0.1) is 0 Å². The molecule has 0 spiro atoms. The standard InChI is InChI=1S/C13H15ClO5/c1-2-17-12(16)7-10(15)8-5-9(14)13-11(6-8)18-3-4-19-13/h5-6,10,15H,2-4,7H2,1H3. The molecule has 0 saturated carbocycles. The van der Waals surface area contributed by atoms with Crippen molar-refractivity contribution in [2.45, 2.75) is 19.4 Å². The van der Waals surface area contributed by atoms with Crippen molar-refractivity contribution in [1.82, 2.24) is 0 Å². The minimum Gasteiger partial charge on any atom is -0.486 e. The summed E-state index contributed by atoms with van der Waals surface area (Å²) in [5, 5.41) is 10.3. The summed E-state index contributed by atoms with van der Waals surface area (Å²) in [6.07, 6.45) is -1.10. The van der Waals surface area contributed by atoms with Gasteiger partial charge in [-0.2, -0.15) is 0 Å². The van der Waals surface area contributed by atoms with Crippen LogP contribution in [0.4, 0.5) is 0 Å². The summed E-state index contributed by atoms with van der Waals surface area (Å²) in [4.78, 5) is 11.3. The first-order chi connectivity index (χ1) is 9.11. The van der Waals surface area contributed by atoms with Crippen LogP contribution in [0.1, 0.15) is 25.0 Å². The second kappa shape index (κ2) is 6.12. The monoisotopic (exact) mass is 286 g/mol. The second-order valence-electron chi connectivity index (χ2n) is 4.05. The highest BCUT2D eigenvalue weighted by Crippen LogP contribution is 2.40. The first-order valence-corrected chi connectivity index (χ1v) is 6.42. The lowest BCUT2D eigenvalue weighted by atomic mass is 10.1. The van der Waals surface area contributed by atoms with Crippen molar-refractivity contribution in [2.24, 2.45) is 0 Å². The summed E-state index contributed by atoms with van der Waals surface area (Å²) in [5.74, 6) is 0.498. The Morgan fingerprint density at radius 3 is 2.95 bits per heavy atom. The van der Waals surface area contributed by atoms with E-state index in [0.29, 0.717) is 35.3 Å². The molecule has 0 saturated heterocycles. The molecule has 1 aliphatic rings. The molecule has 1 N–H and O–H groups in total. The predicted molar refractivity (Wildman–Crippen MR) is 68.7 cm³/mol. The van der Waals surface area contributed by atoms with E-state index in [1.807, 2.05) is 0 Å². The van der Waals surface area contributed by atoms with Crippen molar-refractivity contribution < 1.29 is 24.1 Å². The molecule has 6 heteroatoms. The highest BCUT2D eigenvalue weighted by atomic mass is 35.5. The molecule has 19 heavy (non-hydrogen) atoms. The van der Waals surface area contributed by atoms with Gasteiger partial charge in [-0.05, 0) is 24.6 Å². The number of fused-ring (bicyclic) bond motifs is 1. The Morgan fingerprint density at radius 2 is 2.21 bits per heavy atom.